The van der Waals surface area contributed by atoms with E-state index < -0.39 is 21.6 Å². The molecule has 0 aliphatic rings. The summed E-state index contributed by atoms with van der Waals surface area (Å²) < 4.78 is 4.77. The van der Waals surface area contributed by atoms with Gasteiger partial charge in [-0.3, -0.25) is 10.1 Å². The summed E-state index contributed by atoms with van der Waals surface area (Å²) in [6, 6.07) is 9.08. The Morgan fingerprint density at radius 3 is 2.57 bits per heavy atom. The fraction of sp³-hybridized carbons (Fsp3) is 0.0769. The SMILES string of the molecule is COc1n[n+]([O-])c(Cl)c(/C=C/c2ccccc2)c1[N+](=O)[O-]. The smallest absolute Gasteiger partial charge is 0.360 e. The van der Waals surface area contributed by atoms with Gasteiger partial charge in [0.25, 0.3) is 0 Å². The molecule has 1 aromatic carbocycles. The molecule has 0 unspecified atom stereocenters. The monoisotopic (exact) mass is 307 g/mol. The van der Waals surface area contributed by atoms with Gasteiger partial charge in [-0.25, -0.2) is 0 Å². The molecule has 21 heavy (non-hydrogen) atoms. The third-order valence-electron chi connectivity index (χ3n) is 2.65. The number of hydrogen-bond donors (Lipinski definition) is 0. The van der Waals surface area contributed by atoms with E-state index in [2.05, 4.69) is 5.10 Å². The Hall–Kier alpha value is -2.67. The summed E-state index contributed by atoms with van der Waals surface area (Å²) in [6.45, 7) is 0. The summed E-state index contributed by atoms with van der Waals surface area (Å²) in [4.78, 5) is 10.5. The van der Waals surface area contributed by atoms with E-state index in [9.17, 15) is 15.3 Å². The van der Waals surface area contributed by atoms with Crippen LogP contribution in [0.1, 0.15) is 11.1 Å². The van der Waals surface area contributed by atoms with Gasteiger partial charge in [0.05, 0.1) is 17.1 Å². The number of methoxy groups -OCH3 is 1. The Labute approximate surface area is 124 Å². The molecule has 0 bridgehead atoms. The molecule has 8 heteroatoms. The van der Waals surface area contributed by atoms with E-state index in [0.717, 1.165) is 5.56 Å². The van der Waals surface area contributed by atoms with Crippen LogP contribution >= 0.6 is 11.6 Å². The van der Waals surface area contributed by atoms with E-state index in [1.807, 2.05) is 18.2 Å². The molecule has 2 aromatic rings. The largest absolute Gasteiger partial charge is 0.593 e. The van der Waals surface area contributed by atoms with Crippen LogP contribution in [0, 0.1) is 15.3 Å². The molecule has 0 atom stereocenters. The van der Waals surface area contributed by atoms with Crippen molar-refractivity contribution in [2.45, 2.75) is 0 Å². The van der Waals surface area contributed by atoms with Gasteiger partial charge in [0, 0.05) is 0 Å². The molecule has 0 fully saturated rings. The minimum Gasteiger partial charge on any atom is -0.593 e. The van der Waals surface area contributed by atoms with Gasteiger partial charge < -0.3 is 9.94 Å². The number of hydrogen-bond acceptors (Lipinski definition) is 5. The van der Waals surface area contributed by atoms with Crippen LogP contribution < -0.4 is 9.58 Å². The quantitative estimate of drug-likeness (QED) is 0.374. The van der Waals surface area contributed by atoms with E-state index in [1.54, 1.807) is 18.2 Å². The number of aromatic nitrogens is 2. The molecule has 0 radical (unpaired) electrons. The van der Waals surface area contributed by atoms with Crippen LogP contribution in [0.2, 0.25) is 5.15 Å². The van der Waals surface area contributed by atoms with Crippen LogP contribution in [-0.4, -0.2) is 17.1 Å². The Bertz CT molecular complexity index is 704. The average molecular weight is 308 g/mol. The molecule has 0 N–H and O–H groups in total. The van der Waals surface area contributed by atoms with Crippen LogP contribution in [-0.2, 0) is 0 Å². The van der Waals surface area contributed by atoms with E-state index in [1.165, 1.54) is 13.2 Å². The highest BCUT2D eigenvalue weighted by Crippen LogP contribution is 2.32. The molecule has 1 heterocycles. The van der Waals surface area contributed by atoms with Gasteiger partial charge in [-0.15, -0.1) is 0 Å². The van der Waals surface area contributed by atoms with E-state index in [0.29, 0.717) is 0 Å². The van der Waals surface area contributed by atoms with Crippen molar-refractivity contribution in [2.75, 3.05) is 7.11 Å². The molecule has 7 nitrogen and oxygen atoms in total. The topological polar surface area (TPSA) is 92.2 Å². The van der Waals surface area contributed by atoms with Crippen LogP contribution in [0.3, 0.4) is 0 Å². The standard InChI is InChI=1S/C13H10ClN3O4/c1-21-13-11(17(19)20)10(12(14)16(18)15-13)8-7-9-5-3-2-4-6-9/h2-8H,1H3/b8-7+. The lowest BCUT2D eigenvalue weighted by molar-refractivity contribution is -0.668. The summed E-state index contributed by atoms with van der Waals surface area (Å²) >= 11 is 5.81. The first-order valence-electron chi connectivity index (χ1n) is 5.79. The first kappa shape index (κ1) is 14.7. The van der Waals surface area contributed by atoms with E-state index in [-0.39, 0.29) is 10.4 Å². The molecule has 1 aromatic heterocycles. The number of rotatable bonds is 4. The molecular formula is C13H10ClN3O4. The van der Waals surface area contributed by atoms with Crippen molar-refractivity contribution in [3.63, 3.8) is 0 Å². The van der Waals surface area contributed by atoms with Gasteiger partial charge >= 0.3 is 16.7 Å². The highest BCUT2D eigenvalue weighted by molar-refractivity contribution is 6.30. The normalized spacial score (nSPS) is 10.8. The van der Waals surface area contributed by atoms with Crippen molar-refractivity contribution in [3.05, 3.63) is 61.9 Å². The molecule has 0 aliphatic carbocycles. The molecule has 0 saturated heterocycles. The van der Waals surface area contributed by atoms with E-state index in [4.69, 9.17) is 16.3 Å². The van der Waals surface area contributed by atoms with Crippen molar-refractivity contribution < 1.29 is 14.5 Å². The average Bonchev–Trinajstić information content (AvgIpc) is 2.48. The summed E-state index contributed by atoms with van der Waals surface area (Å²) in [5.41, 5.74) is 0.283. The molecule has 108 valence electrons. The fourth-order valence-corrected chi connectivity index (χ4v) is 1.89. The van der Waals surface area contributed by atoms with Crippen molar-refractivity contribution >= 4 is 29.4 Å². The van der Waals surface area contributed by atoms with Gasteiger partial charge in [0.15, 0.2) is 0 Å². The van der Waals surface area contributed by atoms with Crippen LogP contribution in [0.4, 0.5) is 5.69 Å². The second kappa shape index (κ2) is 6.19. The molecule has 0 amide bonds. The predicted molar refractivity (Wildman–Crippen MR) is 76.8 cm³/mol. The molecular weight excluding hydrogens is 298 g/mol. The lowest BCUT2D eigenvalue weighted by Crippen LogP contribution is -2.34. The third kappa shape index (κ3) is 3.09. The predicted octanol–water partition coefficient (Wildman–Crippen LogP) is 2.46. The molecule has 0 saturated carbocycles. The maximum absolute atomic E-state index is 11.5. The number of benzene rings is 1. The van der Waals surface area contributed by atoms with Gasteiger partial charge in [0.2, 0.25) is 0 Å². The zero-order valence-electron chi connectivity index (χ0n) is 10.9. The number of nitro groups is 1. The second-order valence-corrected chi connectivity index (χ2v) is 4.29. The number of ether oxygens (including phenoxy) is 1. The van der Waals surface area contributed by atoms with Gasteiger partial charge in [-0.2, -0.15) is 0 Å². The lowest BCUT2D eigenvalue weighted by atomic mass is 10.1. The van der Waals surface area contributed by atoms with Crippen LogP contribution in [0.25, 0.3) is 12.2 Å². The maximum Gasteiger partial charge on any atom is 0.360 e. The number of nitrogens with zero attached hydrogens (tertiary/aromatic N) is 3. The highest BCUT2D eigenvalue weighted by Gasteiger charge is 2.30. The Kier molecular flexibility index (Phi) is 4.34. The Morgan fingerprint density at radius 1 is 1.33 bits per heavy atom. The van der Waals surface area contributed by atoms with Crippen molar-refractivity contribution in [2.24, 2.45) is 0 Å². The van der Waals surface area contributed by atoms with Gasteiger partial charge in [0.1, 0.15) is 5.56 Å². The molecule has 2 rings (SSSR count). The van der Waals surface area contributed by atoms with Crippen LogP contribution in [0.5, 0.6) is 5.88 Å². The zero-order valence-corrected chi connectivity index (χ0v) is 11.6. The summed E-state index contributed by atoms with van der Waals surface area (Å²) in [5.74, 6) is -0.396. The summed E-state index contributed by atoms with van der Waals surface area (Å²) in [6.07, 6.45) is 2.99. The lowest BCUT2D eigenvalue weighted by Gasteiger charge is -2.04. The van der Waals surface area contributed by atoms with Gasteiger partial charge in [-0.05, 0) is 28.1 Å². The first-order chi connectivity index (χ1) is 10.0. The van der Waals surface area contributed by atoms with Crippen LogP contribution in [0.15, 0.2) is 30.3 Å². The fourth-order valence-electron chi connectivity index (χ4n) is 1.70. The highest BCUT2D eigenvalue weighted by atomic mass is 35.5. The minimum atomic E-state index is -0.692. The zero-order chi connectivity index (χ0) is 15.4. The Morgan fingerprint density at radius 2 is 2.00 bits per heavy atom. The summed E-state index contributed by atoms with van der Waals surface area (Å²) in [5, 5.41) is 25.7. The van der Waals surface area contributed by atoms with Crippen molar-refractivity contribution in [3.8, 4) is 5.88 Å². The Balaban J connectivity index is 2.58. The van der Waals surface area contributed by atoms with Crippen molar-refractivity contribution in [1.82, 2.24) is 5.10 Å². The maximum atomic E-state index is 11.5. The second-order valence-electron chi connectivity index (χ2n) is 3.94. The summed E-state index contributed by atoms with van der Waals surface area (Å²) in [7, 11) is 1.19. The first-order valence-corrected chi connectivity index (χ1v) is 6.17. The number of halogens is 1. The molecule has 0 aliphatic heterocycles. The van der Waals surface area contributed by atoms with E-state index >= 15 is 0 Å². The third-order valence-corrected chi connectivity index (χ3v) is 3.00. The minimum absolute atomic E-state index is 0.0626. The van der Waals surface area contributed by atoms with Crippen molar-refractivity contribution in [1.29, 1.82) is 0 Å². The molecule has 0 spiro atoms. The van der Waals surface area contributed by atoms with Gasteiger partial charge in [-0.1, -0.05) is 36.4 Å².